The van der Waals surface area contributed by atoms with E-state index in [0.717, 1.165) is 16.8 Å². The van der Waals surface area contributed by atoms with Gasteiger partial charge >= 0.3 is 6.09 Å². The molecule has 1 aromatic rings. The Bertz CT molecular complexity index is 484. The van der Waals surface area contributed by atoms with Crippen molar-refractivity contribution in [2.75, 3.05) is 11.9 Å². The van der Waals surface area contributed by atoms with Crippen LogP contribution in [-0.4, -0.2) is 18.7 Å². The van der Waals surface area contributed by atoms with Gasteiger partial charge in [-0.05, 0) is 44.5 Å². The largest absolute Gasteiger partial charge is 0.447 e. The van der Waals surface area contributed by atoms with Crippen LogP contribution in [0.1, 0.15) is 25.0 Å². The fourth-order valence-electron chi connectivity index (χ4n) is 1.39. The Morgan fingerprint density at radius 2 is 2.22 bits per heavy atom. The molecule has 0 saturated carbocycles. The first-order valence-corrected chi connectivity index (χ1v) is 5.80. The molecule has 1 aromatic carbocycles. The number of hydrogen-bond acceptors (Lipinski definition) is 3. The van der Waals surface area contributed by atoms with Gasteiger partial charge in [-0.15, -0.1) is 0 Å². The van der Waals surface area contributed by atoms with Gasteiger partial charge in [0.05, 0.1) is 12.6 Å². The van der Waals surface area contributed by atoms with Gasteiger partial charge in [0, 0.05) is 11.3 Å². The maximum Gasteiger partial charge on any atom is 0.411 e. The summed E-state index contributed by atoms with van der Waals surface area (Å²) in [6.45, 7) is 5.84. The number of hydrogen-bond donors (Lipinski definition) is 2. The molecule has 0 aromatic heterocycles. The van der Waals surface area contributed by atoms with Crippen LogP contribution in [-0.2, 0) is 4.74 Å². The highest BCUT2D eigenvalue weighted by Crippen LogP contribution is 2.16. The summed E-state index contributed by atoms with van der Waals surface area (Å²) in [4.78, 5) is 11.5. The van der Waals surface area contributed by atoms with Gasteiger partial charge in [-0.1, -0.05) is 11.8 Å². The number of anilines is 1. The number of nitrogens with two attached hydrogens (primary N) is 1. The van der Waals surface area contributed by atoms with E-state index in [1.807, 2.05) is 19.1 Å². The number of carbonyl (C=O) groups is 1. The summed E-state index contributed by atoms with van der Waals surface area (Å²) >= 11 is 0. The molecule has 0 radical (unpaired) electrons. The average molecular weight is 246 g/mol. The van der Waals surface area contributed by atoms with E-state index in [2.05, 4.69) is 17.2 Å². The molecular weight excluding hydrogens is 228 g/mol. The number of ether oxygens (including phenoxy) is 1. The van der Waals surface area contributed by atoms with Crippen LogP contribution in [0.2, 0.25) is 0 Å². The highest BCUT2D eigenvalue weighted by Gasteiger charge is 2.07. The average Bonchev–Trinajstić information content (AvgIpc) is 2.28. The molecule has 0 fully saturated rings. The molecule has 0 aliphatic heterocycles. The van der Waals surface area contributed by atoms with Gasteiger partial charge in [0.25, 0.3) is 0 Å². The lowest BCUT2D eigenvalue weighted by Gasteiger charge is -2.11. The molecule has 96 valence electrons. The van der Waals surface area contributed by atoms with Crippen LogP contribution in [0, 0.1) is 18.8 Å². The van der Waals surface area contributed by atoms with Crippen molar-refractivity contribution < 1.29 is 9.53 Å². The minimum atomic E-state index is -0.450. The van der Waals surface area contributed by atoms with Crippen molar-refractivity contribution in [2.45, 2.75) is 26.9 Å². The van der Waals surface area contributed by atoms with Crippen LogP contribution in [0.25, 0.3) is 0 Å². The van der Waals surface area contributed by atoms with Crippen molar-refractivity contribution in [2.24, 2.45) is 5.73 Å². The molecular formula is C14H18N2O2. The van der Waals surface area contributed by atoms with Gasteiger partial charge < -0.3 is 10.5 Å². The molecule has 0 heterocycles. The second kappa shape index (κ2) is 6.67. The van der Waals surface area contributed by atoms with Crippen LogP contribution in [0.4, 0.5) is 10.5 Å². The van der Waals surface area contributed by atoms with Crippen LogP contribution < -0.4 is 11.1 Å². The topological polar surface area (TPSA) is 64.3 Å². The third-order valence-corrected chi connectivity index (χ3v) is 2.14. The molecule has 0 atom stereocenters. The van der Waals surface area contributed by atoms with E-state index in [4.69, 9.17) is 10.5 Å². The van der Waals surface area contributed by atoms with Gasteiger partial charge in [-0.25, -0.2) is 4.79 Å². The first-order chi connectivity index (χ1) is 8.52. The van der Waals surface area contributed by atoms with Crippen molar-refractivity contribution in [1.82, 2.24) is 0 Å². The highest BCUT2D eigenvalue weighted by molar-refractivity contribution is 5.85. The maximum atomic E-state index is 11.5. The Balaban J connectivity index is 2.77. The van der Waals surface area contributed by atoms with Gasteiger partial charge in [-0.2, -0.15) is 0 Å². The minimum Gasteiger partial charge on any atom is -0.447 e. The van der Waals surface area contributed by atoms with E-state index in [9.17, 15) is 4.79 Å². The Kier molecular flexibility index (Phi) is 5.22. The normalized spacial score (nSPS) is 9.61. The summed E-state index contributed by atoms with van der Waals surface area (Å²) < 4.78 is 5.01. The summed E-state index contributed by atoms with van der Waals surface area (Å²) in [5.74, 6) is 5.72. The third-order valence-electron chi connectivity index (χ3n) is 2.14. The fourth-order valence-corrected chi connectivity index (χ4v) is 1.39. The first-order valence-electron chi connectivity index (χ1n) is 5.80. The van der Waals surface area contributed by atoms with Crippen LogP contribution >= 0.6 is 0 Å². The predicted octanol–water partition coefficient (Wildman–Crippen LogP) is 2.26. The molecule has 0 aliphatic rings. The van der Waals surface area contributed by atoms with Crippen LogP contribution in [0.15, 0.2) is 18.2 Å². The second-order valence-electron chi connectivity index (χ2n) is 4.11. The number of amides is 1. The zero-order valence-corrected chi connectivity index (χ0v) is 10.9. The predicted molar refractivity (Wildman–Crippen MR) is 72.4 cm³/mol. The van der Waals surface area contributed by atoms with Crippen molar-refractivity contribution in [3.63, 3.8) is 0 Å². The monoisotopic (exact) mass is 246 g/mol. The fraction of sp³-hybridized carbons (Fsp3) is 0.357. The standard InChI is InChI=1S/C14H18N2O2/c1-10(2)18-14(17)16-13-7-6-12(5-4-8-15)9-11(13)3/h6-7,9-10H,8,15H2,1-3H3,(H,16,17). The van der Waals surface area contributed by atoms with E-state index >= 15 is 0 Å². The van der Waals surface area contributed by atoms with E-state index in [0.29, 0.717) is 6.54 Å². The molecule has 4 heteroatoms. The van der Waals surface area contributed by atoms with Gasteiger partial charge in [-0.3, -0.25) is 5.32 Å². The number of nitrogens with one attached hydrogen (secondary N) is 1. The third kappa shape index (κ3) is 4.48. The zero-order valence-electron chi connectivity index (χ0n) is 10.9. The summed E-state index contributed by atoms with van der Waals surface area (Å²) in [5.41, 5.74) is 7.84. The Morgan fingerprint density at radius 3 is 2.78 bits per heavy atom. The van der Waals surface area contributed by atoms with Crippen molar-refractivity contribution in [1.29, 1.82) is 0 Å². The van der Waals surface area contributed by atoms with Crippen LogP contribution in [0.3, 0.4) is 0 Å². The van der Waals surface area contributed by atoms with Gasteiger partial charge in [0.2, 0.25) is 0 Å². The summed E-state index contributed by atoms with van der Waals surface area (Å²) in [7, 11) is 0. The number of benzene rings is 1. The highest BCUT2D eigenvalue weighted by atomic mass is 16.6. The number of carbonyl (C=O) groups excluding carboxylic acids is 1. The molecule has 3 N–H and O–H groups in total. The van der Waals surface area contributed by atoms with Crippen molar-refractivity contribution in [3.05, 3.63) is 29.3 Å². The molecule has 0 unspecified atom stereocenters. The van der Waals surface area contributed by atoms with E-state index in [1.165, 1.54) is 0 Å². The smallest absolute Gasteiger partial charge is 0.411 e. The van der Waals surface area contributed by atoms with Gasteiger partial charge in [0.15, 0.2) is 0 Å². The molecule has 0 aliphatic carbocycles. The quantitative estimate of drug-likeness (QED) is 0.787. The molecule has 4 nitrogen and oxygen atoms in total. The Morgan fingerprint density at radius 1 is 1.50 bits per heavy atom. The van der Waals surface area contributed by atoms with Crippen molar-refractivity contribution >= 4 is 11.8 Å². The van der Waals surface area contributed by atoms with Crippen LogP contribution in [0.5, 0.6) is 0 Å². The van der Waals surface area contributed by atoms with E-state index in [1.54, 1.807) is 19.9 Å². The lowest BCUT2D eigenvalue weighted by Crippen LogP contribution is -2.18. The molecule has 1 amide bonds. The molecule has 0 spiro atoms. The van der Waals surface area contributed by atoms with Gasteiger partial charge in [0.1, 0.15) is 0 Å². The summed E-state index contributed by atoms with van der Waals surface area (Å²) in [6, 6.07) is 5.53. The zero-order chi connectivity index (χ0) is 13.5. The lowest BCUT2D eigenvalue weighted by atomic mass is 10.1. The Hall–Kier alpha value is -1.99. The summed E-state index contributed by atoms with van der Waals surface area (Å²) in [6.07, 6.45) is -0.589. The summed E-state index contributed by atoms with van der Waals surface area (Å²) in [5, 5.41) is 2.69. The minimum absolute atomic E-state index is 0.139. The number of rotatable bonds is 2. The lowest BCUT2D eigenvalue weighted by molar-refractivity contribution is 0.130. The molecule has 18 heavy (non-hydrogen) atoms. The first kappa shape index (κ1) is 14.1. The van der Waals surface area contributed by atoms with E-state index < -0.39 is 6.09 Å². The Labute approximate surface area is 108 Å². The maximum absolute atomic E-state index is 11.5. The molecule has 0 saturated heterocycles. The van der Waals surface area contributed by atoms with E-state index in [-0.39, 0.29) is 6.10 Å². The SMILES string of the molecule is Cc1cc(C#CCN)ccc1NC(=O)OC(C)C. The molecule has 1 rings (SSSR count). The number of aryl methyl sites for hydroxylation is 1. The van der Waals surface area contributed by atoms with Crippen molar-refractivity contribution in [3.8, 4) is 11.8 Å². The molecule has 0 bridgehead atoms. The second-order valence-corrected chi connectivity index (χ2v) is 4.11.